The van der Waals surface area contributed by atoms with Crippen molar-refractivity contribution < 1.29 is 14.3 Å². The molecule has 1 aliphatic rings. The fourth-order valence-corrected chi connectivity index (χ4v) is 2.02. The monoisotopic (exact) mass is 209 g/mol. The molecular formula is C11H12FNO2. The molecule has 4 heteroatoms. The molecule has 2 atom stereocenters. The predicted molar refractivity (Wildman–Crippen MR) is 53.0 cm³/mol. The van der Waals surface area contributed by atoms with E-state index in [4.69, 9.17) is 10.8 Å². The Kier molecular flexibility index (Phi) is 2.04. The van der Waals surface area contributed by atoms with Gasteiger partial charge in [0, 0.05) is 13.0 Å². The Hall–Kier alpha value is -1.42. The molecule has 2 rings (SSSR count). The van der Waals surface area contributed by atoms with Crippen LogP contribution in [0.5, 0.6) is 0 Å². The second-order valence-electron chi connectivity index (χ2n) is 3.94. The molecular weight excluding hydrogens is 197 g/mol. The third-order valence-electron chi connectivity index (χ3n) is 3.17. The molecule has 0 unspecified atom stereocenters. The first-order valence-corrected chi connectivity index (χ1v) is 4.75. The smallest absolute Gasteiger partial charge is 0.314 e. The Labute approximate surface area is 86.7 Å². The first kappa shape index (κ1) is 10.1. The number of carboxylic acid groups (broad SMARTS) is 1. The van der Waals surface area contributed by atoms with Crippen molar-refractivity contribution in [3.63, 3.8) is 0 Å². The second kappa shape index (κ2) is 3.03. The molecule has 0 heterocycles. The number of halogens is 1. The molecule has 80 valence electrons. The molecule has 0 saturated heterocycles. The Morgan fingerprint density at radius 2 is 2.07 bits per heavy atom. The molecule has 0 spiro atoms. The average Bonchev–Trinajstić information content (AvgIpc) is 2.89. The van der Waals surface area contributed by atoms with Gasteiger partial charge in [0.15, 0.2) is 5.67 Å². The van der Waals surface area contributed by atoms with Crippen LogP contribution in [0.25, 0.3) is 0 Å². The van der Waals surface area contributed by atoms with Crippen LogP contribution in [0.1, 0.15) is 12.0 Å². The second-order valence-corrected chi connectivity index (χ2v) is 3.94. The Morgan fingerprint density at radius 1 is 1.47 bits per heavy atom. The summed E-state index contributed by atoms with van der Waals surface area (Å²) in [6.07, 6.45) is -0.0319. The molecule has 3 nitrogen and oxygen atoms in total. The van der Waals surface area contributed by atoms with Crippen molar-refractivity contribution in [2.75, 3.05) is 6.54 Å². The van der Waals surface area contributed by atoms with E-state index in [1.54, 1.807) is 30.3 Å². The van der Waals surface area contributed by atoms with Crippen molar-refractivity contribution in [1.29, 1.82) is 0 Å². The fourth-order valence-electron chi connectivity index (χ4n) is 2.02. The summed E-state index contributed by atoms with van der Waals surface area (Å²) in [5.74, 6) is -1.16. The van der Waals surface area contributed by atoms with Crippen LogP contribution in [0.15, 0.2) is 30.3 Å². The van der Waals surface area contributed by atoms with Crippen molar-refractivity contribution in [3.8, 4) is 0 Å². The van der Waals surface area contributed by atoms with Crippen molar-refractivity contribution in [1.82, 2.24) is 0 Å². The molecule has 3 N–H and O–H groups in total. The van der Waals surface area contributed by atoms with Gasteiger partial charge in [-0.1, -0.05) is 30.3 Å². The van der Waals surface area contributed by atoms with Gasteiger partial charge in [0.25, 0.3) is 0 Å². The summed E-state index contributed by atoms with van der Waals surface area (Å²) in [5, 5.41) is 8.98. The SMILES string of the molecule is NC[C@@]1(C(=O)O)C[C@@]1(F)c1ccccc1. The molecule has 1 aliphatic carbocycles. The molecule has 15 heavy (non-hydrogen) atoms. The first-order valence-electron chi connectivity index (χ1n) is 4.75. The highest BCUT2D eigenvalue weighted by Crippen LogP contribution is 2.65. The van der Waals surface area contributed by atoms with E-state index in [1.807, 2.05) is 0 Å². The van der Waals surface area contributed by atoms with E-state index in [0.717, 1.165) is 0 Å². The number of benzene rings is 1. The number of rotatable bonds is 3. The van der Waals surface area contributed by atoms with E-state index in [1.165, 1.54) is 0 Å². The zero-order valence-electron chi connectivity index (χ0n) is 8.11. The molecule has 1 aromatic carbocycles. The summed E-state index contributed by atoms with van der Waals surface area (Å²) in [4.78, 5) is 11.0. The number of hydrogen-bond acceptors (Lipinski definition) is 2. The van der Waals surface area contributed by atoms with Crippen molar-refractivity contribution >= 4 is 5.97 Å². The highest BCUT2D eigenvalue weighted by molar-refractivity contribution is 5.82. The Balaban J connectivity index is 2.37. The largest absolute Gasteiger partial charge is 0.481 e. The maximum atomic E-state index is 14.3. The summed E-state index contributed by atoms with van der Waals surface area (Å²) >= 11 is 0. The lowest BCUT2D eigenvalue weighted by atomic mass is 9.97. The minimum Gasteiger partial charge on any atom is -0.481 e. The number of nitrogens with two attached hydrogens (primary N) is 1. The van der Waals surface area contributed by atoms with Crippen LogP contribution < -0.4 is 5.73 Å². The van der Waals surface area contributed by atoms with Crippen molar-refractivity contribution in [3.05, 3.63) is 35.9 Å². The fraction of sp³-hybridized carbons (Fsp3) is 0.364. The van der Waals surface area contributed by atoms with E-state index in [2.05, 4.69) is 0 Å². The van der Waals surface area contributed by atoms with Crippen LogP contribution in [0.2, 0.25) is 0 Å². The average molecular weight is 209 g/mol. The number of aliphatic carboxylic acids is 1. The Bertz CT molecular complexity index is 395. The van der Waals surface area contributed by atoms with Gasteiger partial charge in [-0.3, -0.25) is 4.79 Å². The van der Waals surface area contributed by atoms with Crippen LogP contribution in [-0.4, -0.2) is 17.6 Å². The van der Waals surface area contributed by atoms with Gasteiger partial charge in [-0.15, -0.1) is 0 Å². The first-order chi connectivity index (χ1) is 7.07. The van der Waals surface area contributed by atoms with Crippen LogP contribution >= 0.6 is 0 Å². The van der Waals surface area contributed by atoms with E-state index in [-0.39, 0.29) is 13.0 Å². The molecule has 1 aromatic rings. The standard InChI is InChI=1S/C11H12FNO2/c12-11(8-4-2-1-3-5-8)6-10(11,7-13)9(14)15/h1-5H,6-7,13H2,(H,14,15)/t10-,11-/m1/s1. The highest BCUT2D eigenvalue weighted by Gasteiger charge is 2.74. The summed E-state index contributed by atoms with van der Waals surface area (Å²) in [6, 6.07) is 8.34. The maximum absolute atomic E-state index is 14.3. The lowest BCUT2D eigenvalue weighted by molar-refractivity contribution is -0.144. The zero-order chi connectivity index (χ0) is 11.1. The summed E-state index contributed by atoms with van der Waals surface area (Å²) in [7, 11) is 0. The minimum absolute atomic E-state index is 0.0319. The van der Waals surface area contributed by atoms with Gasteiger partial charge in [-0.25, -0.2) is 4.39 Å². The van der Waals surface area contributed by atoms with Crippen LogP contribution in [-0.2, 0) is 10.5 Å². The lowest BCUT2D eigenvalue weighted by Crippen LogP contribution is -2.31. The molecule has 0 aliphatic heterocycles. The topological polar surface area (TPSA) is 63.3 Å². The van der Waals surface area contributed by atoms with Gasteiger partial charge in [-0.2, -0.15) is 0 Å². The summed E-state index contributed by atoms with van der Waals surface area (Å²) in [5.41, 5.74) is 2.54. The van der Waals surface area contributed by atoms with Gasteiger partial charge in [0.1, 0.15) is 5.41 Å². The molecule has 0 bridgehead atoms. The van der Waals surface area contributed by atoms with E-state index >= 15 is 0 Å². The molecule has 0 radical (unpaired) electrons. The maximum Gasteiger partial charge on any atom is 0.314 e. The molecule has 0 amide bonds. The number of carbonyl (C=O) groups is 1. The normalized spacial score (nSPS) is 33.7. The summed E-state index contributed by atoms with van der Waals surface area (Å²) in [6.45, 7) is -0.173. The van der Waals surface area contributed by atoms with Crippen LogP contribution in [0.4, 0.5) is 4.39 Å². The Morgan fingerprint density at radius 3 is 2.47 bits per heavy atom. The van der Waals surface area contributed by atoms with Crippen LogP contribution in [0.3, 0.4) is 0 Å². The van der Waals surface area contributed by atoms with Crippen LogP contribution in [0, 0.1) is 5.41 Å². The van der Waals surface area contributed by atoms with E-state index in [9.17, 15) is 9.18 Å². The van der Waals surface area contributed by atoms with Gasteiger partial charge >= 0.3 is 5.97 Å². The summed E-state index contributed by atoms with van der Waals surface area (Å²) < 4.78 is 14.3. The van der Waals surface area contributed by atoms with Gasteiger partial charge < -0.3 is 10.8 Å². The molecule has 1 fully saturated rings. The van der Waals surface area contributed by atoms with Gasteiger partial charge in [0.05, 0.1) is 0 Å². The number of carboxylic acids is 1. The lowest BCUT2D eigenvalue weighted by Gasteiger charge is -2.14. The van der Waals surface area contributed by atoms with Crippen molar-refractivity contribution in [2.24, 2.45) is 11.1 Å². The number of hydrogen-bond donors (Lipinski definition) is 2. The molecule has 1 saturated carbocycles. The third kappa shape index (κ3) is 1.18. The quantitative estimate of drug-likeness (QED) is 0.788. The number of alkyl halides is 1. The van der Waals surface area contributed by atoms with Crippen molar-refractivity contribution in [2.45, 2.75) is 12.1 Å². The highest BCUT2D eigenvalue weighted by atomic mass is 19.1. The van der Waals surface area contributed by atoms with E-state index in [0.29, 0.717) is 5.56 Å². The van der Waals surface area contributed by atoms with E-state index < -0.39 is 17.1 Å². The molecule has 0 aromatic heterocycles. The predicted octanol–water partition coefficient (Wildman–Crippen LogP) is 1.28. The third-order valence-corrected chi connectivity index (χ3v) is 3.17. The van der Waals surface area contributed by atoms with Gasteiger partial charge in [0.2, 0.25) is 0 Å². The zero-order valence-corrected chi connectivity index (χ0v) is 8.11. The minimum atomic E-state index is -1.80. The van der Waals surface area contributed by atoms with Gasteiger partial charge in [-0.05, 0) is 5.56 Å².